The van der Waals surface area contributed by atoms with E-state index >= 15 is 0 Å². The molecule has 2 aromatic heterocycles. The summed E-state index contributed by atoms with van der Waals surface area (Å²) in [5.74, 6) is 0.0970. The fourth-order valence-corrected chi connectivity index (χ4v) is 4.93. The third kappa shape index (κ3) is 3.90. The summed E-state index contributed by atoms with van der Waals surface area (Å²) in [5.41, 5.74) is 5.58. The molecule has 2 saturated heterocycles. The Kier molecular flexibility index (Phi) is 5.43. The maximum absolute atomic E-state index is 12.6. The quantitative estimate of drug-likeness (QED) is 0.550. The fraction of sp³-hybridized carbons (Fsp3) is 0.250. The van der Waals surface area contributed by atoms with Crippen LogP contribution in [0.4, 0.5) is 0 Å². The molecule has 2 aliphatic heterocycles. The van der Waals surface area contributed by atoms with Gasteiger partial charge in [0.2, 0.25) is 0 Å². The topological polar surface area (TPSA) is 69.0 Å². The Morgan fingerprint density at radius 1 is 1.15 bits per heavy atom. The summed E-state index contributed by atoms with van der Waals surface area (Å²) in [5, 5.41) is 9.01. The molecular weight excluding hydrogens is 424 g/mol. The third-order valence-electron chi connectivity index (χ3n) is 6.66. The molecule has 2 unspecified atom stereocenters. The monoisotopic (exact) mass is 450 g/mol. The number of fused-ring (bicyclic) bond motifs is 2. The van der Waals surface area contributed by atoms with Crippen molar-refractivity contribution in [2.24, 2.45) is 5.92 Å². The van der Waals surface area contributed by atoms with E-state index < -0.39 is 0 Å². The number of benzene rings is 1. The maximum Gasteiger partial charge on any atom is 0.252 e. The molecule has 170 valence electrons. The number of amides is 1. The van der Waals surface area contributed by atoms with Crippen molar-refractivity contribution in [3.63, 3.8) is 0 Å². The highest BCUT2D eigenvalue weighted by Gasteiger charge is 2.32. The van der Waals surface area contributed by atoms with Crippen molar-refractivity contribution < 1.29 is 9.53 Å². The molecule has 4 heterocycles. The van der Waals surface area contributed by atoms with E-state index in [0.29, 0.717) is 0 Å². The van der Waals surface area contributed by atoms with Crippen LogP contribution in [0.5, 0.6) is 0 Å². The van der Waals surface area contributed by atoms with Gasteiger partial charge in [0, 0.05) is 35.4 Å². The molecule has 1 N–H and O–H groups in total. The molecule has 3 aromatic rings. The van der Waals surface area contributed by atoms with Crippen LogP contribution in [-0.4, -0.2) is 27.3 Å². The van der Waals surface area contributed by atoms with Crippen molar-refractivity contribution in [2.75, 3.05) is 6.61 Å². The van der Waals surface area contributed by atoms with Crippen LogP contribution in [0.1, 0.15) is 48.9 Å². The Bertz CT molecular complexity index is 1360. The van der Waals surface area contributed by atoms with Crippen LogP contribution in [-0.2, 0) is 9.53 Å². The summed E-state index contributed by atoms with van der Waals surface area (Å²) in [4.78, 5) is 17.0. The molecule has 1 aromatic carbocycles. The standard InChI is InChI=1S/C28H26N4O2/c33-28-23(21-8-1-2-9-24(21)30-28)17-19-11-13-22-25(14-12-20-7-3-5-15-29-20)31-32(26(22)18-19)27-10-4-6-16-34-27/h1-3,5,7,9,11-15,17-18,21,27H,4,6,8,10,16H2,(H,30,33)/b14-12+,23-17+. The molecule has 0 saturated carbocycles. The van der Waals surface area contributed by atoms with Gasteiger partial charge in [0.15, 0.2) is 6.23 Å². The van der Waals surface area contributed by atoms with E-state index in [1.54, 1.807) is 6.20 Å². The summed E-state index contributed by atoms with van der Waals surface area (Å²) in [7, 11) is 0. The van der Waals surface area contributed by atoms with Gasteiger partial charge in [-0.3, -0.25) is 9.78 Å². The molecule has 1 aliphatic carbocycles. The minimum Gasteiger partial charge on any atom is -0.356 e. The average Bonchev–Trinajstić information content (AvgIpc) is 3.41. The van der Waals surface area contributed by atoms with E-state index in [-0.39, 0.29) is 18.1 Å². The molecule has 0 radical (unpaired) electrons. The predicted molar refractivity (Wildman–Crippen MR) is 133 cm³/mol. The van der Waals surface area contributed by atoms with Crippen molar-refractivity contribution in [2.45, 2.75) is 31.9 Å². The number of allylic oxidation sites excluding steroid dienone is 4. The molecule has 2 fully saturated rings. The van der Waals surface area contributed by atoms with Crippen LogP contribution in [0.2, 0.25) is 0 Å². The van der Waals surface area contributed by atoms with Gasteiger partial charge < -0.3 is 10.1 Å². The first-order valence-electron chi connectivity index (χ1n) is 11.9. The number of aromatic nitrogens is 3. The zero-order valence-corrected chi connectivity index (χ0v) is 18.9. The van der Waals surface area contributed by atoms with Gasteiger partial charge >= 0.3 is 0 Å². The number of hydrogen-bond acceptors (Lipinski definition) is 4. The van der Waals surface area contributed by atoms with Gasteiger partial charge in [0.1, 0.15) is 0 Å². The predicted octanol–water partition coefficient (Wildman–Crippen LogP) is 5.27. The highest BCUT2D eigenvalue weighted by atomic mass is 16.5. The zero-order valence-electron chi connectivity index (χ0n) is 18.9. The van der Waals surface area contributed by atoms with Gasteiger partial charge in [-0.1, -0.05) is 24.3 Å². The Morgan fingerprint density at radius 2 is 2.12 bits per heavy atom. The fourth-order valence-electron chi connectivity index (χ4n) is 4.93. The summed E-state index contributed by atoms with van der Waals surface area (Å²) in [6.45, 7) is 0.749. The molecule has 6 heteroatoms. The lowest BCUT2D eigenvalue weighted by Crippen LogP contribution is -2.19. The number of ether oxygens (including phenoxy) is 1. The second kappa shape index (κ2) is 8.88. The molecule has 0 spiro atoms. The highest BCUT2D eigenvalue weighted by molar-refractivity contribution is 6.03. The molecule has 2 atom stereocenters. The van der Waals surface area contributed by atoms with E-state index in [2.05, 4.69) is 34.6 Å². The van der Waals surface area contributed by atoms with E-state index in [1.807, 2.05) is 53.3 Å². The number of nitrogens with one attached hydrogen (secondary N) is 1. The number of pyridine rings is 1. The summed E-state index contributed by atoms with van der Waals surface area (Å²) < 4.78 is 8.09. The largest absolute Gasteiger partial charge is 0.356 e. The van der Waals surface area contributed by atoms with Crippen molar-refractivity contribution in [3.05, 3.63) is 89.0 Å². The first-order chi connectivity index (χ1) is 16.8. The Morgan fingerprint density at radius 3 is 2.97 bits per heavy atom. The lowest BCUT2D eigenvalue weighted by Gasteiger charge is -2.23. The number of carbonyl (C=O) groups is 1. The van der Waals surface area contributed by atoms with E-state index in [9.17, 15) is 4.79 Å². The molecule has 1 amide bonds. The normalized spacial score (nSPS) is 23.5. The minimum atomic E-state index is -0.0797. The maximum atomic E-state index is 12.6. The van der Waals surface area contributed by atoms with Crippen LogP contribution in [0.3, 0.4) is 0 Å². The Hall–Kier alpha value is -3.77. The van der Waals surface area contributed by atoms with Crippen LogP contribution < -0.4 is 5.32 Å². The van der Waals surface area contributed by atoms with Crippen molar-refractivity contribution in [1.29, 1.82) is 0 Å². The summed E-state index contributed by atoms with van der Waals surface area (Å²) >= 11 is 0. The average molecular weight is 451 g/mol. The number of nitrogens with zero attached hydrogens (tertiary/aromatic N) is 3. The van der Waals surface area contributed by atoms with Gasteiger partial charge in [-0.05, 0) is 79.8 Å². The van der Waals surface area contributed by atoms with E-state index in [1.165, 1.54) is 0 Å². The number of rotatable bonds is 4. The van der Waals surface area contributed by atoms with E-state index in [4.69, 9.17) is 9.84 Å². The zero-order chi connectivity index (χ0) is 22.9. The second-order valence-corrected chi connectivity index (χ2v) is 8.91. The van der Waals surface area contributed by atoms with Crippen molar-refractivity contribution in [1.82, 2.24) is 20.1 Å². The van der Waals surface area contributed by atoms with Gasteiger partial charge in [-0.2, -0.15) is 5.10 Å². The third-order valence-corrected chi connectivity index (χ3v) is 6.66. The van der Waals surface area contributed by atoms with Gasteiger partial charge in [0.05, 0.1) is 16.9 Å². The Balaban J connectivity index is 1.41. The molecular formula is C28H26N4O2. The summed E-state index contributed by atoms with van der Waals surface area (Å²) in [6, 6.07) is 12.1. The molecule has 34 heavy (non-hydrogen) atoms. The van der Waals surface area contributed by atoms with Crippen LogP contribution in [0, 0.1) is 5.92 Å². The van der Waals surface area contributed by atoms with Crippen LogP contribution in [0.25, 0.3) is 29.1 Å². The minimum absolute atomic E-state index is 0.0110. The first-order valence-corrected chi connectivity index (χ1v) is 11.9. The molecule has 3 aliphatic rings. The lowest BCUT2D eigenvalue weighted by atomic mass is 9.91. The SMILES string of the molecule is O=C1NC2=CC=CCC2/C1=C\c1ccc2c(/C=C/c3ccccn3)nn(C3CCCCO3)c2c1. The Labute approximate surface area is 198 Å². The lowest BCUT2D eigenvalue weighted by molar-refractivity contribution is -0.115. The van der Waals surface area contributed by atoms with Crippen LogP contribution >= 0.6 is 0 Å². The number of hydrogen-bond donors (Lipinski definition) is 1. The smallest absolute Gasteiger partial charge is 0.252 e. The van der Waals surface area contributed by atoms with Gasteiger partial charge in [-0.15, -0.1) is 0 Å². The summed E-state index contributed by atoms with van der Waals surface area (Å²) in [6.07, 6.45) is 17.8. The van der Waals surface area contributed by atoms with Crippen molar-refractivity contribution >= 4 is 35.0 Å². The molecule has 6 rings (SSSR count). The van der Waals surface area contributed by atoms with Crippen LogP contribution in [0.15, 0.2) is 72.1 Å². The second-order valence-electron chi connectivity index (χ2n) is 8.91. The highest BCUT2D eigenvalue weighted by Crippen LogP contribution is 2.34. The van der Waals surface area contributed by atoms with Gasteiger partial charge in [0.25, 0.3) is 5.91 Å². The first kappa shape index (κ1) is 20.8. The van der Waals surface area contributed by atoms with E-state index in [0.717, 1.165) is 71.4 Å². The van der Waals surface area contributed by atoms with Gasteiger partial charge in [-0.25, -0.2) is 4.68 Å². The number of carbonyl (C=O) groups excluding carboxylic acids is 1. The van der Waals surface area contributed by atoms with Crippen molar-refractivity contribution in [3.8, 4) is 0 Å². The molecule has 0 bridgehead atoms. The molecule has 6 nitrogen and oxygen atoms in total.